The van der Waals surface area contributed by atoms with E-state index in [4.69, 9.17) is 0 Å². The molecule has 0 aliphatic heterocycles. The fraction of sp³-hybridized carbons (Fsp3) is 0.250. The van der Waals surface area contributed by atoms with Crippen LogP contribution in [0.25, 0.3) is 10.9 Å². The van der Waals surface area contributed by atoms with Crippen molar-refractivity contribution in [1.82, 2.24) is 19.9 Å². The summed E-state index contributed by atoms with van der Waals surface area (Å²) in [5.41, 5.74) is 6.73. The van der Waals surface area contributed by atoms with Gasteiger partial charge in [-0.1, -0.05) is 42.0 Å². The molecule has 0 saturated carbocycles. The maximum Gasteiger partial charge on any atom is 0.225 e. The summed E-state index contributed by atoms with van der Waals surface area (Å²) in [5, 5.41) is 4.37. The Morgan fingerprint density at radius 2 is 1.97 bits per heavy atom. The number of nitrogens with one attached hydrogen (secondary N) is 2. The topological polar surface area (TPSA) is 62.7 Å². The minimum absolute atomic E-state index is 0.0159. The summed E-state index contributed by atoms with van der Waals surface area (Å²) in [7, 11) is 0. The third-order valence-electron chi connectivity index (χ3n) is 5.40. The monoisotopic (exact) mass is 386 g/mol. The first-order chi connectivity index (χ1) is 14.0. The molecule has 0 radical (unpaired) electrons. The van der Waals surface area contributed by atoms with Gasteiger partial charge in [0.05, 0.1) is 18.8 Å². The minimum atomic E-state index is -0.119. The van der Waals surface area contributed by atoms with E-state index in [1.165, 1.54) is 11.1 Å². The number of fused-ring (bicyclic) bond motifs is 1. The van der Waals surface area contributed by atoms with Gasteiger partial charge in [-0.3, -0.25) is 4.79 Å². The molecule has 0 unspecified atom stereocenters. The molecule has 4 aromatic rings. The second kappa shape index (κ2) is 7.95. The molecule has 2 aromatic heterocycles. The van der Waals surface area contributed by atoms with Gasteiger partial charge in [0.1, 0.15) is 0 Å². The number of hydrogen-bond donors (Lipinski definition) is 2. The first-order valence-corrected chi connectivity index (χ1v) is 9.89. The van der Waals surface area contributed by atoms with Crippen LogP contribution in [0.3, 0.4) is 0 Å². The largest absolute Gasteiger partial charge is 0.358 e. The Kier molecular flexibility index (Phi) is 5.21. The Hall–Kier alpha value is -3.34. The Labute approximate surface area is 170 Å². The Balaban J connectivity index is 1.59. The maximum absolute atomic E-state index is 13.0. The molecular weight excluding hydrogens is 360 g/mol. The average Bonchev–Trinajstić information content (AvgIpc) is 3.31. The van der Waals surface area contributed by atoms with Gasteiger partial charge in [0.15, 0.2) is 0 Å². The molecule has 0 aliphatic rings. The first-order valence-electron chi connectivity index (χ1n) is 9.89. The minimum Gasteiger partial charge on any atom is -0.358 e. The standard InChI is InChI=1S/C24H26N4O/c1-16-11-17(2)24-21(12-16)20(18(3)26-24)13-23(29)27-22(14-28-10-9-25-15-28)19-7-5-4-6-8-19/h4-12,15,22,26H,13-14H2,1-3H3,(H,27,29)/t22-/m0/s1. The van der Waals surface area contributed by atoms with Crippen LogP contribution in [0.4, 0.5) is 0 Å². The number of H-pyrrole nitrogens is 1. The van der Waals surface area contributed by atoms with Crippen LogP contribution in [0.15, 0.2) is 61.2 Å². The molecule has 4 rings (SSSR count). The second-order valence-corrected chi connectivity index (χ2v) is 7.70. The van der Waals surface area contributed by atoms with Crippen LogP contribution >= 0.6 is 0 Å². The van der Waals surface area contributed by atoms with Crippen molar-refractivity contribution in [1.29, 1.82) is 0 Å². The van der Waals surface area contributed by atoms with Crippen LogP contribution in [0, 0.1) is 20.8 Å². The van der Waals surface area contributed by atoms with Crippen molar-refractivity contribution >= 4 is 16.8 Å². The van der Waals surface area contributed by atoms with Gasteiger partial charge in [-0.05, 0) is 43.5 Å². The van der Waals surface area contributed by atoms with Crippen molar-refractivity contribution in [3.05, 3.63) is 89.1 Å². The molecule has 2 aromatic carbocycles. The molecule has 1 amide bonds. The normalized spacial score (nSPS) is 12.2. The van der Waals surface area contributed by atoms with Crippen molar-refractivity contribution in [3.8, 4) is 0 Å². The fourth-order valence-electron chi connectivity index (χ4n) is 4.00. The fourth-order valence-corrected chi connectivity index (χ4v) is 4.00. The summed E-state index contributed by atoms with van der Waals surface area (Å²) < 4.78 is 1.99. The van der Waals surface area contributed by atoms with E-state index in [1.807, 2.05) is 48.0 Å². The summed E-state index contributed by atoms with van der Waals surface area (Å²) in [4.78, 5) is 20.6. The number of imidazole rings is 1. The lowest BCUT2D eigenvalue weighted by molar-refractivity contribution is -0.121. The van der Waals surface area contributed by atoms with E-state index in [9.17, 15) is 4.79 Å². The van der Waals surface area contributed by atoms with Crippen molar-refractivity contribution in [3.63, 3.8) is 0 Å². The molecule has 0 fully saturated rings. The number of aromatic amines is 1. The highest BCUT2D eigenvalue weighted by Crippen LogP contribution is 2.27. The lowest BCUT2D eigenvalue weighted by atomic mass is 10.0. The van der Waals surface area contributed by atoms with E-state index in [1.54, 1.807) is 12.5 Å². The van der Waals surface area contributed by atoms with Crippen molar-refractivity contribution < 1.29 is 4.79 Å². The van der Waals surface area contributed by atoms with Crippen LogP contribution in [0.5, 0.6) is 0 Å². The zero-order valence-corrected chi connectivity index (χ0v) is 17.1. The van der Waals surface area contributed by atoms with Gasteiger partial charge < -0.3 is 14.9 Å². The van der Waals surface area contributed by atoms with Gasteiger partial charge in [0, 0.05) is 35.5 Å². The van der Waals surface area contributed by atoms with Gasteiger partial charge in [-0.25, -0.2) is 4.98 Å². The highest BCUT2D eigenvalue weighted by molar-refractivity contribution is 5.92. The van der Waals surface area contributed by atoms with E-state index in [-0.39, 0.29) is 11.9 Å². The zero-order chi connectivity index (χ0) is 20.4. The van der Waals surface area contributed by atoms with Crippen LogP contribution in [-0.2, 0) is 17.8 Å². The van der Waals surface area contributed by atoms with Gasteiger partial charge in [-0.2, -0.15) is 0 Å². The molecule has 2 N–H and O–H groups in total. The summed E-state index contributed by atoms with van der Waals surface area (Å²) in [6.07, 6.45) is 5.79. The molecule has 148 valence electrons. The molecule has 0 spiro atoms. The second-order valence-electron chi connectivity index (χ2n) is 7.70. The van der Waals surface area contributed by atoms with Crippen LogP contribution in [0.2, 0.25) is 0 Å². The number of carbonyl (C=O) groups excluding carboxylic acids is 1. The van der Waals surface area contributed by atoms with Crippen LogP contribution in [-0.4, -0.2) is 20.4 Å². The Morgan fingerprint density at radius 3 is 2.69 bits per heavy atom. The number of carbonyl (C=O) groups is 1. The number of amides is 1. The summed E-state index contributed by atoms with van der Waals surface area (Å²) >= 11 is 0. The highest BCUT2D eigenvalue weighted by atomic mass is 16.1. The van der Waals surface area contributed by atoms with Gasteiger partial charge >= 0.3 is 0 Å². The van der Waals surface area contributed by atoms with Crippen LogP contribution in [0.1, 0.15) is 34.0 Å². The lowest BCUT2D eigenvalue weighted by Gasteiger charge is -2.20. The van der Waals surface area contributed by atoms with Crippen molar-refractivity contribution in [2.45, 2.75) is 39.8 Å². The lowest BCUT2D eigenvalue weighted by Crippen LogP contribution is -2.32. The van der Waals surface area contributed by atoms with Crippen molar-refractivity contribution in [2.24, 2.45) is 0 Å². The molecule has 0 bridgehead atoms. The maximum atomic E-state index is 13.0. The van der Waals surface area contributed by atoms with E-state index in [0.717, 1.165) is 27.7 Å². The zero-order valence-electron chi connectivity index (χ0n) is 17.1. The number of benzene rings is 2. The van der Waals surface area contributed by atoms with E-state index in [2.05, 4.69) is 41.3 Å². The molecule has 0 aliphatic carbocycles. The van der Waals surface area contributed by atoms with E-state index >= 15 is 0 Å². The van der Waals surface area contributed by atoms with E-state index in [0.29, 0.717) is 13.0 Å². The average molecular weight is 386 g/mol. The number of aromatic nitrogens is 3. The number of aryl methyl sites for hydroxylation is 3. The molecule has 5 nitrogen and oxygen atoms in total. The summed E-state index contributed by atoms with van der Waals surface area (Å²) in [6, 6.07) is 14.3. The number of hydrogen-bond acceptors (Lipinski definition) is 2. The SMILES string of the molecule is Cc1cc(C)c2[nH]c(C)c(CC(=O)N[C@@H](Cn3ccnc3)c3ccccc3)c2c1. The Bertz CT molecular complexity index is 1130. The van der Waals surface area contributed by atoms with Gasteiger partial charge in [-0.15, -0.1) is 0 Å². The van der Waals surface area contributed by atoms with Gasteiger partial charge in [0.25, 0.3) is 0 Å². The first kappa shape index (κ1) is 19.0. The smallest absolute Gasteiger partial charge is 0.225 e. The molecule has 2 heterocycles. The molecule has 29 heavy (non-hydrogen) atoms. The third kappa shape index (κ3) is 4.09. The molecule has 1 atom stereocenters. The molecular formula is C24H26N4O. The van der Waals surface area contributed by atoms with Crippen LogP contribution < -0.4 is 5.32 Å². The number of rotatable bonds is 6. The highest BCUT2D eigenvalue weighted by Gasteiger charge is 2.18. The molecule has 5 heteroatoms. The van der Waals surface area contributed by atoms with Crippen molar-refractivity contribution in [2.75, 3.05) is 0 Å². The quantitative estimate of drug-likeness (QED) is 0.516. The predicted molar refractivity (Wildman–Crippen MR) is 116 cm³/mol. The third-order valence-corrected chi connectivity index (χ3v) is 5.40. The van der Waals surface area contributed by atoms with Gasteiger partial charge in [0.2, 0.25) is 5.91 Å². The number of nitrogens with zero attached hydrogens (tertiary/aromatic N) is 2. The predicted octanol–water partition coefficient (Wildman–Crippen LogP) is 4.39. The van der Waals surface area contributed by atoms with E-state index < -0.39 is 0 Å². The summed E-state index contributed by atoms with van der Waals surface area (Å²) in [6.45, 7) is 6.87. The summed E-state index contributed by atoms with van der Waals surface area (Å²) in [5.74, 6) is 0.0159. The molecule has 0 saturated heterocycles. The Morgan fingerprint density at radius 1 is 1.17 bits per heavy atom.